The zero-order valence-electron chi connectivity index (χ0n) is 13.0. The van der Waals surface area contributed by atoms with Crippen molar-refractivity contribution in [2.45, 2.75) is 6.54 Å². The van der Waals surface area contributed by atoms with Gasteiger partial charge in [-0.3, -0.25) is 14.9 Å². The van der Waals surface area contributed by atoms with Crippen LogP contribution in [0.25, 0.3) is 0 Å². The number of amides is 3. The molecule has 0 spiro atoms. The Kier molecular flexibility index (Phi) is 6.23. The Morgan fingerprint density at radius 2 is 2.08 bits per heavy atom. The number of nitro groups is 1. The molecular weight excluding hydrogens is 330 g/mol. The van der Waals surface area contributed by atoms with E-state index in [1.54, 1.807) is 18.2 Å². The summed E-state index contributed by atoms with van der Waals surface area (Å²) in [5.74, 6) is 0.0379. The van der Waals surface area contributed by atoms with E-state index < -0.39 is 16.9 Å². The van der Waals surface area contributed by atoms with Gasteiger partial charge < -0.3 is 15.1 Å². The molecule has 3 amide bonds. The van der Waals surface area contributed by atoms with Crippen LogP contribution in [0.5, 0.6) is 0 Å². The van der Waals surface area contributed by atoms with E-state index in [1.165, 1.54) is 30.7 Å². The Balaban J connectivity index is 1.70. The Hall–Kier alpha value is -3.69. The summed E-state index contributed by atoms with van der Waals surface area (Å²) in [5.41, 5.74) is 2.58. The van der Waals surface area contributed by atoms with Crippen molar-refractivity contribution in [3.8, 4) is 0 Å². The van der Waals surface area contributed by atoms with Crippen molar-refractivity contribution in [1.82, 2.24) is 16.1 Å². The number of urea groups is 1. The molecule has 10 nitrogen and oxygen atoms in total. The van der Waals surface area contributed by atoms with Crippen LogP contribution in [0.2, 0.25) is 0 Å². The number of non-ortho nitro benzene ring substituents is 1. The third-order valence-electron chi connectivity index (χ3n) is 2.90. The average molecular weight is 345 g/mol. The lowest BCUT2D eigenvalue weighted by atomic mass is 10.2. The maximum absolute atomic E-state index is 11.6. The molecule has 0 unspecified atom stereocenters. The van der Waals surface area contributed by atoms with Crippen molar-refractivity contribution in [2.75, 3.05) is 6.54 Å². The molecule has 0 saturated heterocycles. The number of carbonyl (C=O) groups excluding carboxylic acids is 2. The van der Waals surface area contributed by atoms with E-state index in [2.05, 4.69) is 21.2 Å². The SMILES string of the molecule is O=C(CNC(=O)NCc1ccco1)N/N=C/c1cccc([N+](=O)[O-])c1. The van der Waals surface area contributed by atoms with Crippen molar-refractivity contribution in [3.05, 3.63) is 64.1 Å². The second-order valence-electron chi connectivity index (χ2n) is 4.76. The van der Waals surface area contributed by atoms with Gasteiger partial charge >= 0.3 is 6.03 Å². The third kappa shape index (κ3) is 6.14. The first-order valence-corrected chi connectivity index (χ1v) is 7.15. The van der Waals surface area contributed by atoms with Crippen LogP contribution in [0.15, 0.2) is 52.2 Å². The van der Waals surface area contributed by atoms with Gasteiger partial charge in [-0.2, -0.15) is 5.10 Å². The number of hydrogen-bond acceptors (Lipinski definition) is 6. The largest absolute Gasteiger partial charge is 0.467 e. The fraction of sp³-hybridized carbons (Fsp3) is 0.133. The number of rotatable bonds is 7. The standard InChI is InChI=1S/C15H15N5O5/c21-14(10-17-15(22)16-9-13-5-2-6-25-13)19-18-8-11-3-1-4-12(7-11)20(23)24/h1-8H,9-10H2,(H,19,21)(H2,16,17,22)/b18-8+. The molecule has 0 aliphatic carbocycles. The number of nitro benzene ring substituents is 1. The van der Waals surface area contributed by atoms with E-state index in [0.717, 1.165) is 0 Å². The number of furan rings is 1. The molecule has 2 aromatic rings. The van der Waals surface area contributed by atoms with Crippen LogP contribution in [0.4, 0.5) is 10.5 Å². The highest BCUT2D eigenvalue weighted by molar-refractivity contribution is 5.86. The van der Waals surface area contributed by atoms with Gasteiger partial charge in [0, 0.05) is 17.7 Å². The van der Waals surface area contributed by atoms with Crippen LogP contribution in [0.3, 0.4) is 0 Å². The Morgan fingerprint density at radius 1 is 1.24 bits per heavy atom. The summed E-state index contributed by atoms with van der Waals surface area (Å²) >= 11 is 0. The molecule has 1 aromatic carbocycles. The Labute approximate surface area is 142 Å². The fourth-order valence-electron chi connectivity index (χ4n) is 1.74. The van der Waals surface area contributed by atoms with E-state index in [4.69, 9.17) is 4.42 Å². The predicted octanol–water partition coefficient (Wildman–Crippen LogP) is 1.14. The number of benzene rings is 1. The lowest BCUT2D eigenvalue weighted by Gasteiger charge is -2.05. The molecule has 0 bridgehead atoms. The summed E-state index contributed by atoms with van der Waals surface area (Å²) in [5, 5.41) is 19.2. The highest BCUT2D eigenvalue weighted by Gasteiger charge is 2.06. The van der Waals surface area contributed by atoms with Crippen molar-refractivity contribution < 1.29 is 18.9 Å². The summed E-state index contributed by atoms with van der Waals surface area (Å²) in [6.07, 6.45) is 2.75. The molecule has 1 heterocycles. The van der Waals surface area contributed by atoms with Gasteiger partial charge in [0.15, 0.2) is 0 Å². The maximum Gasteiger partial charge on any atom is 0.315 e. The first-order valence-electron chi connectivity index (χ1n) is 7.15. The highest BCUT2D eigenvalue weighted by atomic mass is 16.6. The molecule has 3 N–H and O–H groups in total. The van der Waals surface area contributed by atoms with Crippen LogP contribution in [0, 0.1) is 10.1 Å². The number of hydrazone groups is 1. The molecule has 0 fully saturated rings. The fourth-order valence-corrected chi connectivity index (χ4v) is 1.74. The lowest BCUT2D eigenvalue weighted by molar-refractivity contribution is -0.384. The number of carbonyl (C=O) groups is 2. The molecule has 2 rings (SSSR count). The van der Waals surface area contributed by atoms with Gasteiger partial charge in [-0.15, -0.1) is 0 Å². The zero-order valence-corrected chi connectivity index (χ0v) is 13.0. The molecule has 0 radical (unpaired) electrons. The van der Waals surface area contributed by atoms with E-state index in [0.29, 0.717) is 11.3 Å². The van der Waals surface area contributed by atoms with Gasteiger partial charge in [0.25, 0.3) is 11.6 Å². The van der Waals surface area contributed by atoms with Gasteiger partial charge in [0.1, 0.15) is 12.3 Å². The second kappa shape index (κ2) is 8.82. The van der Waals surface area contributed by atoms with Gasteiger partial charge in [-0.05, 0) is 12.1 Å². The van der Waals surface area contributed by atoms with Crippen LogP contribution < -0.4 is 16.1 Å². The van der Waals surface area contributed by atoms with Crippen molar-refractivity contribution in [3.63, 3.8) is 0 Å². The zero-order chi connectivity index (χ0) is 18.1. The molecule has 25 heavy (non-hydrogen) atoms. The quantitative estimate of drug-likeness (QED) is 0.392. The first-order chi connectivity index (χ1) is 12.0. The molecule has 0 saturated carbocycles. The van der Waals surface area contributed by atoms with Crippen LogP contribution in [-0.4, -0.2) is 29.6 Å². The minimum atomic E-state index is -0.546. The van der Waals surface area contributed by atoms with Gasteiger partial charge in [0.05, 0.1) is 23.9 Å². The number of nitrogens with zero attached hydrogens (tertiary/aromatic N) is 2. The minimum Gasteiger partial charge on any atom is -0.467 e. The van der Waals surface area contributed by atoms with Crippen molar-refractivity contribution in [1.29, 1.82) is 0 Å². The summed E-state index contributed by atoms with van der Waals surface area (Å²) in [6.45, 7) is -0.0817. The molecule has 0 aliphatic heterocycles. The normalized spacial score (nSPS) is 10.4. The van der Waals surface area contributed by atoms with Crippen LogP contribution in [-0.2, 0) is 11.3 Å². The maximum atomic E-state index is 11.6. The Bertz CT molecular complexity index is 772. The molecule has 10 heteroatoms. The monoisotopic (exact) mass is 345 g/mol. The van der Waals surface area contributed by atoms with E-state index in [1.807, 2.05) is 0 Å². The summed E-state index contributed by atoms with van der Waals surface area (Å²) < 4.78 is 5.04. The number of nitrogens with one attached hydrogen (secondary N) is 3. The third-order valence-corrected chi connectivity index (χ3v) is 2.90. The molecule has 0 atom stereocenters. The molecular formula is C15H15N5O5. The molecule has 0 aliphatic rings. The summed E-state index contributed by atoms with van der Waals surface area (Å²) in [6, 6.07) is 8.64. The van der Waals surface area contributed by atoms with E-state index in [9.17, 15) is 19.7 Å². The summed E-state index contributed by atoms with van der Waals surface area (Å²) in [7, 11) is 0. The Morgan fingerprint density at radius 3 is 2.80 bits per heavy atom. The van der Waals surface area contributed by atoms with Gasteiger partial charge in [-0.1, -0.05) is 12.1 Å². The van der Waals surface area contributed by atoms with Gasteiger partial charge in [-0.25, -0.2) is 10.2 Å². The van der Waals surface area contributed by atoms with Gasteiger partial charge in [0.2, 0.25) is 0 Å². The van der Waals surface area contributed by atoms with Crippen molar-refractivity contribution in [2.24, 2.45) is 5.10 Å². The summed E-state index contributed by atoms with van der Waals surface area (Å²) in [4.78, 5) is 33.2. The van der Waals surface area contributed by atoms with E-state index in [-0.39, 0.29) is 18.8 Å². The van der Waals surface area contributed by atoms with Crippen LogP contribution >= 0.6 is 0 Å². The number of hydrogen-bond donors (Lipinski definition) is 3. The predicted molar refractivity (Wildman–Crippen MR) is 87.8 cm³/mol. The van der Waals surface area contributed by atoms with E-state index >= 15 is 0 Å². The second-order valence-corrected chi connectivity index (χ2v) is 4.76. The van der Waals surface area contributed by atoms with Crippen molar-refractivity contribution >= 4 is 23.8 Å². The lowest BCUT2D eigenvalue weighted by Crippen LogP contribution is -2.40. The smallest absolute Gasteiger partial charge is 0.315 e. The first kappa shape index (κ1) is 17.7. The average Bonchev–Trinajstić information content (AvgIpc) is 3.12. The molecule has 1 aromatic heterocycles. The topological polar surface area (TPSA) is 139 Å². The van der Waals surface area contributed by atoms with Crippen LogP contribution in [0.1, 0.15) is 11.3 Å². The molecule has 130 valence electrons. The minimum absolute atomic E-state index is 0.0785. The highest BCUT2D eigenvalue weighted by Crippen LogP contribution is 2.11.